The van der Waals surface area contributed by atoms with E-state index in [4.69, 9.17) is 4.74 Å². The summed E-state index contributed by atoms with van der Waals surface area (Å²) in [5, 5.41) is 12.1. The fourth-order valence-corrected chi connectivity index (χ4v) is 4.02. The topological polar surface area (TPSA) is 51.5 Å². The van der Waals surface area contributed by atoms with E-state index in [2.05, 4.69) is 60.2 Å². The quantitative estimate of drug-likeness (QED) is 0.490. The van der Waals surface area contributed by atoms with Crippen LogP contribution in [0.5, 0.6) is 5.75 Å². The lowest BCUT2D eigenvalue weighted by atomic mass is 10.2. The van der Waals surface area contributed by atoms with E-state index in [0.29, 0.717) is 0 Å². The van der Waals surface area contributed by atoms with Crippen LogP contribution in [0.4, 0.5) is 0 Å². The molecule has 2 aromatic carbocycles. The van der Waals surface area contributed by atoms with Crippen molar-refractivity contribution < 1.29 is 4.74 Å². The Morgan fingerprint density at radius 3 is 2.73 bits per heavy atom. The van der Waals surface area contributed by atoms with Crippen molar-refractivity contribution in [1.82, 2.24) is 19.9 Å². The molecule has 0 amide bonds. The first-order valence-electron chi connectivity index (χ1n) is 8.16. The van der Waals surface area contributed by atoms with Gasteiger partial charge in [0.1, 0.15) is 5.75 Å². The van der Waals surface area contributed by atoms with Crippen LogP contribution in [-0.4, -0.2) is 21.7 Å². The molecule has 4 aromatic rings. The molecule has 0 aliphatic heterocycles. The molecule has 26 heavy (non-hydrogen) atoms. The normalized spacial score (nSPS) is 11.2. The number of ether oxygens (including phenoxy) is 1. The number of methoxy groups -OCH3 is 1. The molecule has 2 aromatic heterocycles. The Morgan fingerprint density at radius 1 is 1.12 bits per heavy atom. The summed E-state index contributed by atoms with van der Waals surface area (Å²) >= 11 is 5.16. The third-order valence-electron chi connectivity index (χ3n) is 4.03. The van der Waals surface area contributed by atoms with Crippen LogP contribution in [0.25, 0.3) is 16.3 Å². The van der Waals surface area contributed by atoms with E-state index in [0.717, 1.165) is 39.7 Å². The Labute approximate surface area is 163 Å². The van der Waals surface area contributed by atoms with E-state index in [1.807, 2.05) is 30.3 Å². The minimum atomic E-state index is 0.790. The van der Waals surface area contributed by atoms with Crippen molar-refractivity contribution in [2.24, 2.45) is 0 Å². The van der Waals surface area contributed by atoms with Crippen LogP contribution in [0.15, 0.2) is 59.2 Å². The number of hydrogen-bond donors (Lipinski definition) is 1. The second-order valence-corrected chi connectivity index (χ2v) is 7.84. The number of aromatic nitrogens is 3. The summed E-state index contributed by atoms with van der Waals surface area (Å²) in [6.45, 7) is 1.60. The van der Waals surface area contributed by atoms with Gasteiger partial charge in [0.2, 0.25) is 4.96 Å². The highest BCUT2D eigenvalue weighted by Crippen LogP contribution is 2.25. The smallest absolute Gasteiger partial charge is 0.216 e. The summed E-state index contributed by atoms with van der Waals surface area (Å²) in [6, 6.07) is 16.2. The van der Waals surface area contributed by atoms with Gasteiger partial charge in [0, 0.05) is 34.2 Å². The van der Waals surface area contributed by atoms with Gasteiger partial charge >= 0.3 is 0 Å². The maximum Gasteiger partial charge on any atom is 0.216 e. The molecule has 132 valence electrons. The van der Waals surface area contributed by atoms with Crippen LogP contribution in [0.3, 0.4) is 0 Å². The zero-order chi connectivity index (χ0) is 17.9. The number of halogens is 1. The molecule has 0 aliphatic carbocycles. The number of thiazole rings is 1. The average molecular weight is 429 g/mol. The Kier molecular flexibility index (Phi) is 5.01. The van der Waals surface area contributed by atoms with E-state index in [1.165, 1.54) is 10.4 Å². The first-order chi connectivity index (χ1) is 12.7. The van der Waals surface area contributed by atoms with Gasteiger partial charge in [-0.2, -0.15) is 0 Å². The van der Waals surface area contributed by atoms with Crippen molar-refractivity contribution in [3.05, 3.63) is 69.6 Å². The van der Waals surface area contributed by atoms with E-state index >= 15 is 0 Å². The van der Waals surface area contributed by atoms with Crippen LogP contribution < -0.4 is 10.1 Å². The van der Waals surface area contributed by atoms with Crippen LogP contribution >= 0.6 is 27.3 Å². The number of hydrogen-bond acceptors (Lipinski definition) is 5. The maximum atomic E-state index is 5.19. The van der Waals surface area contributed by atoms with Gasteiger partial charge in [0.15, 0.2) is 5.82 Å². The Morgan fingerprint density at radius 2 is 1.96 bits per heavy atom. The summed E-state index contributed by atoms with van der Waals surface area (Å²) in [4.78, 5) is 2.13. The summed E-state index contributed by atoms with van der Waals surface area (Å²) < 4.78 is 8.27. The Bertz CT molecular complexity index is 1030. The predicted molar refractivity (Wildman–Crippen MR) is 108 cm³/mol. The molecular weight excluding hydrogens is 412 g/mol. The fourth-order valence-electron chi connectivity index (χ4n) is 2.73. The maximum absolute atomic E-state index is 5.19. The first kappa shape index (κ1) is 17.2. The average Bonchev–Trinajstić information content (AvgIpc) is 3.22. The molecule has 0 saturated heterocycles. The van der Waals surface area contributed by atoms with Gasteiger partial charge in [-0.3, -0.25) is 4.40 Å². The highest BCUT2D eigenvalue weighted by molar-refractivity contribution is 9.10. The second kappa shape index (κ2) is 7.57. The minimum Gasteiger partial charge on any atom is -0.497 e. The van der Waals surface area contributed by atoms with Crippen molar-refractivity contribution >= 4 is 32.2 Å². The lowest BCUT2D eigenvalue weighted by molar-refractivity contribution is 0.414. The largest absolute Gasteiger partial charge is 0.497 e. The number of rotatable bonds is 6. The first-order valence-corrected chi connectivity index (χ1v) is 9.77. The highest BCUT2D eigenvalue weighted by Gasteiger charge is 2.11. The summed E-state index contributed by atoms with van der Waals surface area (Å²) in [6.07, 6.45) is 2.11. The zero-order valence-electron chi connectivity index (χ0n) is 14.1. The molecule has 5 nitrogen and oxygen atoms in total. The molecule has 7 heteroatoms. The lowest BCUT2D eigenvalue weighted by Crippen LogP contribution is -2.11. The molecule has 2 heterocycles. The van der Waals surface area contributed by atoms with Crippen LogP contribution in [-0.2, 0) is 13.1 Å². The van der Waals surface area contributed by atoms with Crippen molar-refractivity contribution in [2.75, 3.05) is 7.11 Å². The van der Waals surface area contributed by atoms with Gasteiger partial charge in [0.25, 0.3) is 0 Å². The number of fused-ring (bicyclic) bond motifs is 1. The van der Waals surface area contributed by atoms with Crippen molar-refractivity contribution in [2.45, 2.75) is 13.1 Å². The highest BCUT2D eigenvalue weighted by atomic mass is 79.9. The fraction of sp³-hybridized carbons (Fsp3) is 0.158. The van der Waals surface area contributed by atoms with Gasteiger partial charge in [-0.25, -0.2) is 0 Å². The van der Waals surface area contributed by atoms with E-state index < -0.39 is 0 Å². The molecule has 0 radical (unpaired) electrons. The molecule has 0 fully saturated rings. The third kappa shape index (κ3) is 3.65. The van der Waals surface area contributed by atoms with E-state index in [-0.39, 0.29) is 0 Å². The standard InChI is InChI=1S/C19H17BrN4OS/c1-25-16-7-5-13(6-8-16)10-21-11-17-12-24-18(22-23-19(24)26-17)14-3-2-4-15(20)9-14/h2-9,12,21H,10-11H2,1H3. The number of nitrogens with one attached hydrogen (secondary N) is 1. The van der Waals surface area contributed by atoms with Crippen molar-refractivity contribution in [3.63, 3.8) is 0 Å². The Hall–Kier alpha value is -2.22. The summed E-state index contributed by atoms with van der Waals surface area (Å²) in [5.74, 6) is 1.74. The van der Waals surface area contributed by atoms with Crippen LogP contribution in [0.2, 0.25) is 0 Å². The second-order valence-electron chi connectivity index (χ2n) is 5.84. The molecule has 0 saturated carbocycles. The molecule has 0 spiro atoms. The molecule has 0 unspecified atom stereocenters. The third-order valence-corrected chi connectivity index (χ3v) is 5.50. The SMILES string of the molecule is COc1ccc(CNCc2cn3c(-c4cccc(Br)c4)nnc3s2)cc1. The van der Waals surface area contributed by atoms with Crippen LogP contribution in [0, 0.1) is 0 Å². The molecular formula is C19H17BrN4OS. The molecule has 0 aliphatic rings. The van der Waals surface area contributed by atoms with Crippen LogP contribution in [0.1, 0.15) is 10.4 Å². The van der Waals surface area contributed by atoms with Gasteiger partial charge in [-0.1, -0.05) is 51.5 Å². The van der Waals surface area contributed by atoms with E-state index in [9.17, 15) is 0 Å². The summed E-state index contributed by atoms with van der Waals surface area (Å²) in [5.41, 5.74) is 2.27. The molecule has 4 rings (SSSR count). The van der Waals surface area contributed by atoms with Crippen molar-refractivity contribution in [1.29, 1.82) is 0 Å². The predicted octanol–water partition coefficient (Wildman–Crippen LogP) is 4.52. The van der Waals surface area contributed by atoms with Gasteiger partial charge < -0.3 is 10.1 Å². The lowest BCUT2D eigenvalue weighted by Gasteiger charge is -2.04. The van der Waals surface area contributed by atoms with Gasteiger partial charge in [0.05, 0.1) is 7.11 Å². The van der Waals surface area contributed by atoms with E-state index in [1.54, 1.807) is 18.4 Å². The molecule has 1 N–H and O–H groups in total. The number of benzene rings is 2. The minimum absolute atomic E-state index is 0.790. The summed E-state index contributed by atoms with van der Waals surface area (Å²) in [7, 11) is 1.68. The van der Waals surface area contributed by atoms with Gasteiger partial charge in [-0.15, -0.1) is 10.2 Å². The number of nitrogens with zero attached hydrogens (tertiary/aromatic N) is 3. The monoisotopic (exact) mass is 428 g/mol. The molecule has 0 bridgehead atoms. The zero-order valence-corrected chi connectivity index (χ0v) is 16.5. The molecule has 0 atom stereocenters. The van der Waals surface area contributed by atoms with Crippen molar-refractivity contribution in [3.8, 4) is 17.1 Å². The Balaban J connectivity index is 1.46. The van der Waals surface area contributed by atoms with Gasteiger partial charge in [-0.05, 0) is 29.8 Å².